The summed E-state index contributed by atoms with van der Waals surface area (Å²) in [5, 5.41) is 16.7. The molecule has 0 unspecified atom stereocenters. The maximum absolute atomic E-state index is 4.23. The fourth-order valence-electron chi connectivity index (χ4n) is 3.27. The standard InChI is InChI=1S/2C14H10N4.ClH.Cu/c2*1-3-9-15-11(5-1)13-7-8-14(18-17-13)12-6-2-4-10-16-12;;/h2*1-10H;1H;/q;;;+1/p-1. The Morgan fingerprint density at radius 2 is 0.553 bits per heavy atom. The van der Waals surface area contributed by atoms with E-state index in [0.29, 0.717) is 0 Å². The fraction of sp³-hybridized carbons (Fsp3) is 0. The molecule has 0 aliphatic carbocycles. The van der Waals surface area contributed by atoms with Gasteiger partial charge in [0.25, 0.3) is 0 Å². The van der Waals surface area contributed by atoms with E-state index < -0.39 is 0 Å². The second kappa shape index (κ2) is 14.3. The molecule has 0 saturated heterocycles. The average Bonchev–Trinajstić information content (AvgIpc) is 3.04. The molecule has 0 saturated carbocycles. The number of pyridine rings is 4. The normalized spacial score (nSPS) is 9.87. The number of nitrogens with zero attached hydrogens (tertiary/aromatic N) is 8. The summed E-state index contributed by atoms with van der Waals surface area (Å²) in [6, 6.07) is 30.4. The predicted octanol–water partition coefficient (Wildman–Crippen LogP) is 5.89. The minimum atomic E-state index is 0.760. The number of hydrogen-bond acceptors (Lipinski definition) is 8. The van der Waals surface area contributed by atoms with Crippen molar-refractivity contribution in [3.63, 3.8) is 0 Å². The summed E-state index contributed by atoms with van der Waals surface area (Å²) < 4.78 is 0. The molecular formula is C28H20ClCuN8. The Balaban J connectivity index is 0.000000166. The minimum Gasteiger partial charge on any atom is -0.255 e. The molecule has 0 bridgehead atoms. The minimum absolute atomic E-state index is 0.760. The molecule has 38 heavy (non-hydrogen) atoms. The third-order valence-electron chi connectivity index (χ3n) is 5.04. The van der Waals surface area contributed by atoms with Gasteiger partial charge < -0.3 is 0 Å². The van der Waals surface area contributed by atoms with Crippen molar-refractivity contribution >= 4 is 10.1 Å². The summed E-state index contributed by atoms with van der Waals surface area (Å²) in [4.78, 5) is 16.9. The van der Waals surface area contributed by atoms with Crippen molar-refractivity contribution in [2.45, 2.75) is 0 Å². The van der Waals surface area contributed by atoms with Crippen LogP contribution in [-0.2, 0) is 15.1 Å². The van der Waals surface area contributed by atoms with Gasteiger partial charge in [0.05, 0.1) is 22.8 Å². The monoisotopic (exact) mass is 566 g/mol. The van der Waals surface area contributed by atoms with E-state index >= 15 is 0 Å². The van der Waals surface area contributed by atoms with Crippen molar-refractivity contribution in [3.8, 4) is 45.6 Å². The van der Waals surface area contributed by atoms with Gasteiger partial charge in [-0.15, -0.1) is 20.4 Å². The summed E-state index contributed by atoms with van der Waals surface area (Å²) >= 11 is 3.66. The summed E-state index contributed by atoms with van der Waals surface area (Å²) in [7, 11) is 4.20. The van der Waals surface area contributed by atoms with E-state index in [-0.39, 0.29) is 0 Å². The van der Waals surface area contributed by atoms with Crippen LogP contribution in [0.3, 0.4) is 0 Å². The average molecular weight is 568 g/mol. The Bertz CT molecular complexity index is 1260. The second-order valence-corrected chi connectivity index (χ2v) is 7.47. The molecule has 0 N–H and O–H groups in total. The molecule has 8 nitrogen and oxygen atoms in total. The molecule has 6 aromatic heterocycles. The van der Waals surface area contributed by atoms with Gasteiger partial charge in [0, 0.05) is 24.8 Å². The maximum Gasteiger partial charge on any atom is 0.111 e. The van der Waals surface area contributed by atoms with E-state index in [1.54, 1.807) is 24.8 Å². The Kier molecular flexibility index (Phi) is 10.1. The first kappa shape index (κ1) is 26.6. The van der Waals surface area contributed by atoms with Crippen LogP contribution < -0.4 is 0 Å². The Morgan fingerprint density at radius 3 is 0.711 bits per heavy atom. The van der Waals surface area contributed by atoms with Crippen molar-refractivity contribution < 1.29 is 15.1 Å². The van der Waals surface area contributed by atoms with Crippen molar-refractivity contribution in [2.24, 2.45) is 0 Å². The first-order valence-electron chi connectivity index (χ1n) is 11.3. The van der Waals surface area contributed by atoms with E-state index in [1.165, 1.54) is 0 Å². The largest absolute Gasteiger partial charge is 0.255 e. The molecule has 6 aromatic rings. The first-order valence-corrected chi connectivity index (χ1v) is 12.6. The molecule has 0 fully saturated rings. The predicted molar refractivity (Wildman–Crippen MR) is 143 cm³/mol. The van der Waals surface area contributed by atoms with Gasteiger partial charge >= 0.3 is 25.2 Å². The van der Waals surface area contributed by atoms with Crippen LogP contribution in [0.15, 0.2) is 122 Å². The van der Waals surface area contributed by atoms with Gasteiger partial charge in [0.1, 0.15) is 22.8 Å². The Morgan fingerprint density at radius 1 is 0.316 bits per heavy atom. The van der Waals surface area contributed by atoms with Crippen LogP contribution in [0.5, 0.6) is 0 Å². The van der Waals surface area contributed by atoms with Crippen LogP contribution in [0.25, 0.3) is 45.6 Å². The maximum atomic E-state index is 4.23. The van der Waals surface area contributed by atoms with Gasteiger partial charge in [0.15, 0.2) is 0 Å². The molecular weight excluding hydrogens is 547 g/mol. The number of hydrogen-bond donors (Lipinski definition) is 0. The Labute approximate surface area is 232 Å². The van der Waals surface area contributed by atoms with E-state index in [9.17, 15) is 0 Å². The Hall–Kier alpha value is -4.43. The van der Waals surface area contributed by atoms with Crippen molar-refractivity contribution in [3.05, 3.63) is 122 Å². The van der Waals surface area contributed by atoms with Crippen LogP contribution in [0.1, 0.15) is 0 Å². The fourth-order valence-corrected chi connectivity index (χ4v) is 3.27. The molecule has 0 radical (unpaired) electrons. The van der Waals surface area contributed by atoms with Crippen LogP contribution in [-0.4, -0.2) is 40.3 Å². The van der Waals surface area contributed by atoms with Gasteiger partial charge in [-0.3, -0.25) is 19.9 Å². The summed E-state index contributed by atoms with van der Waals surface area (Å²) in [5.41, 5.74) is 6.31. The molecule has 6 rings (SSSR count). The van der Waals surface area contributed by atoms with Crippen molar-refractivity contribution in [1.82, 2.24) is 40.3 Å². The smallest absolute Gasteiger partial charge is 0.111 e. The van der Waals surface area contributed by atoms with Crippen LogP contribution in [0, 0.1) is 0 Å². The number of aromatic nitrogens is 8. The quantitative estimate of drug-likeness (QED) is 0.243. The van der Waals surface area contributed by atoms with Crippen molar-refractivity contribution in [2.75, 3.05) is 0 Å². The third-order valence-corrected chi connectivity index (χ3v) is 5.04. The van der Waals surface area contributed by atoms with Gasteiger partial charge in [-0.2, -0.15) is 0 Å². The number of halogens is 1. The van der Waals surface area contributed by atoms with E-state index in [4.69, 9.17) is 0 Å². The van der Waals surface area contributed by atoms with E-state index in [0.717, 1.165) is 45.6 Å². The summed E-state index contributed by atoms with van der Waals surface area (Å²) in [5.74, 6) is 0. The van der Waals surface area contributed by atoms with Gasteiger partial charge in [-0.05, 0) is 72.8 Å². The summed E-state index contributed by atoms with van der Waals surface area (Å²) in [6.07, 6.45) is 6.96. The third kappa shape index (κ3) is 7.30. The van der Waals surface area contributed by atoms with Gasteiger partial charge in [-0.1, -0.05) is 24.3 Å². The molecule has 0 aromatic carbocycles. The zero-order chi connectivity index (χ0) is 26.4. The molecule has 0 spiro atoms. The SMILES string of the molecule is [Cl][Cu].c1ccc(-c2ccc(-c3ccccn3)nn2)nc1.c1ccc(-c2ccc(-c3ccccn3)nn2)nc1. The molecule has 0 aliphatic rings. The van der Waals surface area contributed by atoms with Crippen molar-refractivity contribution in [1.29, 1.82) is 0 Å². The van der Waals surface area contributed by atoms with Crippen LogP contribution in [0.2, 0.25) is 0 Å². The second-order valence-electron chi connectivity index (χ2n) is 7.47. The molecule has 6 heterocycles. The molecule has 0 amide bonds. The van der Waals surface area contributed by atoms with E-state index in [1.807, 2.05) is 97.1 Å². The topological polar surface area (TPSA) is 103 Å². The van der Waals surface area contributed by atoms with Crippen LogP contribution in [0.4, 0.5) is 0 Å². The summed E-state index contributed by atoms with van der Waals surface area (Å²) in [6.45, 7) is 0. The van der Waals surface area contributed by atoms with Gasteiger partial charge in [-0.25, -0.2) is 0 Å². The zero-order valence-electron chi connectivity index (χ0n) is 19.8. The first-order chi connectivity index (χ1) is 18.9. The van der Waals surface area contributed by atoms with Gasteiger partial charge in [0.2, 0.25) is 0 Å². The number of rotatable bonds is 4. The van der Waals surface area contributed by atoms with E-state index in [2.05, 4.69) is 65.5 Å². The molecule has 0 atom stereocenters. The molecule has 10 heteroatoms. The van der Waals surface area contributed by atoms with Crippen LogP contribution >= 0.6 is 10.1 Å². The molecule has 190 valence electrons. The molecule has 0 aliphatic heterocycles. The zero-order valence-corrected chi connectivity index (χ0v) is 21.5.